The van der Waals surface area contributed by atoms with Gasteiger partial charge in [0, 0.05) is 30.8 Å². The van der Waals surface area contributed by atoms with E-state index < -0.39 is 0 Å². The fraction of sp³-hybridized carbons (Fsp3) is 0.682. The zero-order valence-electron chi connectivity index (χ0n) is 17.3. The summed E-state index contributed by atoms with van der Waals surface area (Å²) in [5, 5.41) is 3.08. The van der Waals surface area contributed by atoms with Gasteiger partial charge in [0.1, 0.15) is 5.78 Å². The number of carbonyl (C=O) groups excluding carboxylic acids is 2. The smallest absolute Gasteiger partial charge is 0.220 e. The van der Waals surface area contributed by atoms with E-state index in [9.17, 15) is 9.59 Å². The first-order valence-electron chi connectivity index (χ1n) is 9.78. The van der Waals surface area contributed by atoms with Gasteiger partial charge in [-0.1, -0.05) is 40.7 Å². The maximum atomic E-state index is 11.8. The van der Waals surface area contributed by atoms with Crippen molar-refractivity contribution < 1.29 is 9.59 Å². The molecule has 1 heterocycles. The van der Waals surface area contributed by atoms with E-state index >= 15 is 0 Å². The van der Waals surface area contributed by atoms with Gasteiger partial charge in [0.05, 0.1) is 0 Å². The number of hydrogen-bond acceptors (Lipinski definition) is 3. The molecule has 1 amide bonds. The molecule has 4 heteroatoms. The SMILES string of the molecule is CC(=O)C1CCC(NC(=O)CC(C)(C)C)CC1.CC(C)c1cccnc1. The van der Waals surface area contributed by atoms with Gasteiger partial charge in [-0.2, -0.15) is 0 Å². The van der Waals surface area contributed by atoms with Gasteiger partial charge >= 0.3 is 0 Å². The van der Waals surface area contributed by atoms with Crippen LogP contribution in [0, 0.1) is 11.3 Å². The van der Waals surface area contributed by atoms with Crippen molar-refractivity contribution in [1.82, 2.24) is 10.3 Å². The number of amides is 1. The Morgan fingerprint density at radius 2 is 1.81 bits per heavy atom. The van der Waals surface area contributed by atoms with Crippen molar-refractivity contribution in [2.24, 2.45) is 11.3 Å². The summed E-state index contributed by atoms with van der Waals surface area (Å²) < 4.78 is 0. The molecule has 1 N–H and O–H groups in total. The normalized spacial score (nSPS) is 20.1. The fourth-order valence-electron chi connectivity index (χ4n) is 3.12. The van der Waals surface area contributed by atoms with Gasteiger partial charge in [-0.25, -0.2) is 0 Å². The molecule has 0 aliphatic heterocycles. The second-order valence-electron chi connectivity index (χ2n) is 8.91. The zero-order chi connectivity index (χ0) is 19.7. The van der Waals surface area contributed by atoms with E-state index in [2.05, 4.69) is 51.0 Å². The Hall–Kier alpha value is -1.71. The Kier molecular flexibility index (Phi) is 8.97. The van der Waals surface area contributed by atoms with Crippen LogP contribution in [0.1, 0.15) is 85.1 Å². The molecule has 0 aromatic carbocycles. The molecule has 1 aliphatic rings. The Morgan fingerprint density at radius 1 is 1.19 bits per heavy atom. The second kappa shape index (κ2) is 10.4. The molecule has 1 saturated carbocycles. The molecule has 26 heavy (non-hydrogen) atoms. The molecule has 1 aromatic rings. The maximum Gasteiger partial charge on any atom is 0.220 e. The van der Waals surface area contributed by atoms with Crippen molar-refractivity contribution in [3.63, 3.8) is 0 Å². The molecular weight excluding hydrogens is 324 g/mol. The molecule has 0 spiro atoms. The quantitative estimate of drug-likeness (QED) is 0.831. The molecule has 1 aromatic heterocycles. The fourth-order valence-corrected chi connectivity index (χ4v) is 3.12. The topological polar surface area (TPSA) is 59.1 Å². The lowest BCUT2D eigenvalue weighted by Crippen LogP contribution is -2.39. The van der Waals surface area contributed by atoms with Gasteiger partial charge in [-0.05, 0) is 55.6 Å². The molecule has 0 bridgehead atoms. The predicted octanol–water partition coefficient (Wildman–Crippen LogP) is 4.89. The minimum absolute atomic E-state index is 0.0423. The molecule has 0 unspecified atom stereocenters. The molecule has 0 radical (unpaired) electrons. The van der Waals surface area contributed by atoms with Gasteiger partial charge < -0.3 is 5.32 Å². The highest BCUT2D eigenvalue weighted by Gasteiger charge is 2.25. The van der Waals surface area contributed by atoms with Gasteiger partial charge in [0.2, 0.25) is 5.91 Å². The van der Waals surface area contributed by atoms with Crippen LogP contribution in [-0.2, 0) is 9.59 Å². The maximum absolute atomic E-state index is 11.8. The first kappa shape index (κ1) is 22.3. The average molecular weight is 361 g/mol. The first-order valence-corrected chi connectivity index (χ1v) is 9.78. The summed E-state index contributed by atoms with van der Waals surface area (Å²) in [5.74, 6) is 1.26. The van der Waals surface area contributed by atoms with Crippen molar-refractivity contribution in [2.45, 2.75) is 85.6 Å². The lowest BCUT2D eigenvalue weighted by atomic mass is 9.83. The van der Waals surface area contributed by atoms with Crippen LogP contribution in [0.3, 0.4) is 0 Å². The van der Waals surface area contributed by atoms with Crippen LogP contribution >= 0.6 is 0 Å². The number of pyridine rings is 1. The van der Waals surface area contributed by atoms with Crippen molar-refractivity contribution in [3.8, 4) is 0 Å². The largest absolute Gasteiger partial charge is 0.353 e. The minimum atomic E-state index is 0.0423. The molecule has 0 atom stereocenters. The number of aromatic nitrogens is 1. The summed E-state index contributed by atoms with van der Waals surface area (Å²) in [4.78, 5) is 27.0. The van der Waals surface area contributed by atoms with Crippen molar-refractivity contribution >= 4 is 11.7 Å². The summed E-state index contributed by atoms with van der Waals surface area (Å²) in [7, 11) is 0. The number of carbonyl (C=O) groups is 2. The number of hydrogen-bond donors (Lipinski definition) is 1. The summed E-state index contributed by atoms with van der Waals surface area (Å²) in [5.41, 5.74) is 1.35. The summed E-state index contributed by atoms with van der Waals surface area (Å²) >= 11 is 0. The summed E-state index contributed by atoms with van der Waals surface area (Å²) in [6.45, 7) is 12.2. The highest BCUT2D eigenvalue weighted by atomic mass is 16.1. The number of ketones is 1. The van der Waals surface area contributed by atoms with Gasteiger partial charge in [0.15, 0.2) is 0 Å². The third-order valence-corrected chi connectivity index (χ3v) is 4.71. The molecule has 2 rings (SSSR count). The molecule has 1 aliphatic carbocycles. The molecule has 0 saturated heterocycles. The minimum Gasteiger partial charge on any atom is -0.353 e. The van der Waals surface area contributed by atoms with Gasteiger partial charge in [-0.3, -0.25) is 14.6 Å². The third kappa shape index (κ3) is 9.12. The van der Waals surface area contributed by atoms with Crippen LogP contribution in [0.2, 0.25) is 0 Å². The van der Waals surface area contributed by atoms with Crippen LogP contribution < -0.4 is 5.32 Å². The summed E-state index contributed by atoms with van der Waals surface area (Å²) in [6, 6.07) is 4.34. The molecular formula is C22H36N2O2. The number of nitrogens with one attached hydrogen (secondary N) is 1. The van der Waals surface area contributed by atoms with Gasteiger partial charge in [-0.15, -0.1) is 0 Å². The highest BCUT2D eigenvalue weighted by Crippen LogP contribution is 2.25. The van der Waals surface area contributed by atoms with E-state index in [4.69, 9.17) is 0 Å². The van der Waals surface area contributed by atoms with Crippen LogP contribution in [-0.4, -0.2) is 22.7 Å². The van der Waals surface area contributed by atoms with E-state index in [0.29, 0.717) is 18.1 Å². The van der Waals surface area contributed by atoms with Crippen molar-refractivity contribution in [1.29, 1.82) is 0 Å². The van der Waals surface area contributed by atoms with Crippen LogP contribution in [0.25, 0.3) is 0 Å². The van der Waals surface area contributed by atoms with E-state index in [1.165, 1.54) is 5.56 Å². The average Bonchev–Trinajstić information content (AvgIpc) is 2.55. The first-order chi connectivity index (χ1) is 12.1. The molecule has 4 nitrogen and oxygen atoms in total. The number of Topliss-reactive ketones (excluding diaryl/α,β-unsaturated/α-hetero) is 1. The summed E-state index contributed by atoms with van der Waals surface area (Å²) in [6.07, 6.45) is 8.02. The number of nitrogens with zero attached hydrogens (tertiary/aromatic N) is 1. The monoisotopic (exact) mass is 360 g/mol. The van der Waals surface area contributed by atoms with E-state index in [0.717, 1.165) is 25.7 Å². The Morgan fingerprint density at radius 3 is 2.19 bits per heavy atom. The Bertz CT molecular complexity index is 553. The Labute approximate surface area is 159 Å². The second-order valence-corrected chi connectivity index (χ2v) is 8.91. The molecule has 146 valence electrons. The lowest BCUT2D eigenvalue weighted by Gasteiger charge is -2.28. The standard InChI is InChI=1S/C14H25NO2.C8H11N/c1-10(16)11-5-7-12(8-6-11)15-13(17)9-14(2,3)4;1-7(2)8-4-3-5-9-6-8/h11-12H,5-9H2,1-4H3,(H,15,17);3-7H,1-2H3. The van der Waals surface area contributed by atoms with Crippen molar-refractivity contribution in [3.05, 3.63) is 30.1 Å². The number of rotatable bonds is 4. The molecule has 1 fully saturated rings. The lowest BCUT2D eigenvalue weighted by molar-refractivity contribution is -0.124. The van der Waals surface area contributed by atoms with E-state index in [1.807, 2.05) is 12.3 Å². The van der Waals surface area contributed by atoms with Crippen LogP contribution in [0.5, 0.6) is 0 Å². The predicted molar refractivity (Wildman–Crippen MR) is 107 cm³/mol. The van der Waals surface area contributed by atoms with Crippen LogP contribution in [0.15, 0.2) is 24.5 Å². The van der Waals surface area contributed by atoms with Crippen LogP contribution in [0.4, 0.5) is 0 Å². The Balaban J connectivity index is 0.000000314. The van der Waals surface area contributed by atoms with Crippen molar-refractivity contribution in [2.75, 3.05) is 0 Å². The van der Waals surface area contributed by atoms with E-state index in [-0.39, 0.29) is 23.3 Å². The van der Waals surface area contributed by atoms with Gasteiger partial charge in [0.25, 0.3) is 0 Å². The third-order valence-electron chi connectivity index (χ3n) is 4.71. The van der Waals surface area contributed by atoms with E-state index in [1.54, 1.807) is 13.1 Å². The highest BCUT2D eigenvalue weighted by molar-refractivity contribution is 5.78. The zero-order valence-corrected chi connectivity index (χ0v) is 17.3.